The monoisotopic (exact) mass is 366 g/mol. The van der Waals surface area contributed by atoms with E-state index >= 15 is 0 Å². The predicted molar refractivity (Wildman–Crippen MR) is 102 cm³/mol. The smallest absolute Gasteiger partial charge is 0.344 e. The number of amides is 1. The van der Waals surface area contributed by atoms with Crippen molar-refractivity contribution in [2.45, 2.75) is 26.7 Å². The Labute approximate surface area is 158 Å². The normalized spacial score (nSPS) is 10.2. The topological polar surface area (TPSA) is 88.4 Å². The zero-order valence-electron chi connectivity index (χ0n) is 15.6. The molecule has 1 N–H and O–H groups in total. The summed E-state index contributed by atoms with van der Waals surface area (Å²) in [6, 6.07) is 14.0. The van der Waals surface area contributed by atoms with Gasteiger partial charge >= 0.3 is 5.97 Å². The third-order valence-electron chi connectivity index (χ3n) is 3.88. The Balaban J connectivity index is 1.76. The Morgan fingerprint density at radius 3 is 2.41 bits per heavy atom. The largest absolute Gasteiger partial charge is 0.482 e. The van der Waals surface area contributed by atoms with Gasteiger partial charge in [-0.3, -0.25) is 4.79 Å². The minimum absolute atomic E-state index is 0.273. The minimum atomic E-state index is -0.629. The zero-order valence-corrected chi connectivity index (χ0v) is 15.6. The number of nitrogens with one attached hydrogen (secondary N) is 1. The highest BCUT2D eigenvalue weighted by Gasteiger charge is 2.10. The number of aryl methyl sites for hydroxylation is 1. The molecule has 1 amide bonds. The maximum atomic E-state index is 11.8. The van der Waals surface area contributed by atoms with Crippen LogP contribution in [0.3, 0.4) is 0 Å². The van der Waals surface area contributed by atoms with Crippen molar-refractivity contribution in [3.05, 3.63) is 59.2 Å². The van der Waals surface area contributed by atoms with E-state index < -0.39 is 18.5 Å². The van der Waals surface area contributed by atoms with Gasteiger partial charge in [-0.05, 0) is 60.4 Å². The van der Waals surface area contributed by atoms with Crippen molar-refractivity contribution in [2.75, 3.05) is 18.5 Å². The van der Waals surface area contributed by atoms with Gasteiger partial charge in [-0.15, -0.1) is 0 Å². The third-order valence-corrected chi connectivity index (χ3v) is 3.88. The van der Waals surface area contributed by atoms with Crippen molar-refractivity contribution in [3.63, 3.8) is 0 Å². The summed E-state index contributed by atoms with van der Waals surface area (Å²) >= 11 is 0. The fourth-order valence-electron chi connectivity index (χ4n) is 2.54. The van der Waals surface area contributed by atoms with Crippen molar-refractivity contribution in [2.24, 2.45) is 0 Å². The number of rotatable bonds is 7. The summed E-state index contributed by atoms with van der Waals surface area (Å²) in [4.78, 5) is 23.6. The number of hydrogen-bond acceptors (Lipinski definition) is 5. The Kier molecular flexibility index (Phi) is 6.95. The van der Waals surface area contributed by atoms with Gasteiger partial charge in [0.15, 0.2) is 13.2 Å². The van der Waals surface area contributed by atoms with E-state index in [0.717, 1.165) is 5.56 Å². The molecule has 0 bridgehead atoms. The molecule has 2 aromatic carbocycles. The molecule has 0 aliphatic heterocycles. The first kappa shape index (κ1) is 20.0. The molecule has 0 radical (unpaired) electrons. The minimum Gasteiger partial charge on any atom is -0.482 e. The van der Waals surface area contributed by atoms with E-state index in [1.807, 2.05) is 31.2 Å². The summed E-state index contributed by atoms with van der Waals surface area (Å²) in [5.41, 5.74) is 3.34. The molecule has 6 heteroatoms. The van der Waals surface area contributed by atoms with Gasteiger partial charge in [-0.2, -0.15) is 5.26 Å². The van der Waals surface area contributed by atoms with E-state index in [-0.39, 0.29) is 6.61 Å². The number of nitriles is 1. The van der Waals surface area contributed by atoms with Crippen molar-refractivity contribution >= 4 is 17.6 Å². The van der Waals surface area contributed by atoms with Crippen LogP contribution < -0.4 is 10.1 Å². The molecule has 0 saturated heterocycles. The lowest BCUT2D eigenvalue weighted by atomic mass is 9.98. The van der Waals surface area contributed by atoms with Gasteiger partial charge in [-0.1, -0.05) is 19.9 Å². The number of anilines is 1. The van der Waals surface area contributed by atoms with Crippen LogP contribution in [0.25, 0.3) is 0 Å². The Bertz CT molecular complexity index is 851. The number of ether oxygens (including phenoxy) is 2. The van der Waals surface area contributed by atoms with Crippen LogP contribution in [0.2, 0.25) is 0 Å². The second kappa shape index (κ2) is 9.39. The number of nitrogens with zero attached hydrogens (tertiary/aromatic N) is 1. The SMILES string of the molecule is Cc1cc(OCC(=O)OCC(=O)Nc2ccc(C#N)cc2)ccc1C(C)C. The van der Waals surface area contributed by atoms with Gasteiger partial charge in [0, 0.05) is 5.69 Å². The Hall–Kier alpha value is -3.33. The second-order valence-electron chi connectivity index (χ2n) is 6.36. The number of hydrogen-bond donors (Lipinski definition) is 1. The van der Waals surface area contributed by atoms with Crippen LogP contribution in [0.1, 0.15) is 36.5 Å². The van der Waals surface area contributed by atoms with Crippen molar-refractivity contribution in [1.82, 2.24) is 0 Å². The van der Waals surface area contributed by atoms with E-state index in [0.29, 0.717) is 22.9 Å². The average molecular weight is 366 g/mol. The molecular formula is C21H22N2O4. The molecule has 0 heterocycles. The lowest BCUT2D eigenvalue weighted by Crippen LogP contribution is -2.23. The summed E-state index contributed by atoms with van der Waals surface area (Å²) < 4.78 is 10.3. The van der Waals surface area contributed by atoms with E-state index in [1.54, 1.807) is 24.3 Å². The standard InChI is InChI=1S/C21H22N2O4/c1-14(2)19-9-8-18(10-15(19)3)26-13-21(25)27-12-20(24)23-17-6-4-16(11-22)5-7-17/h4-10,14H,12-13H2,1-3H3,(H,23,24). The maximum Gasteiger partial charge on any atom is 0.344 e. The molecule has 140 valence electrons. The molecular weight excluding hydrogens is 344 g/mol. The van der Waals surface area contributed by atoms with Crippen molar-refractivity contribution in [1.29, 1.82) is 5.26 Å². The molecule has 0 unspecified atom stereocenters. The fourth-order valence-corrected chi connectivity index (χ4v) is 2.54. The molecule has 0 saturated carbocycles. The van der Waals surface area contributed by atoms with Crippen LogP contribution in [-0.4, -0.2) is 25.1 Å². The lowest BCUT2D eigenvalue weighted by molar-refractivity contribution is -0.149. The Morgan fingerprint density at radius 2 is 1.81 bits per heavy atom. The van der Waals surface area contributed by atoms with Crippen LogP contribution in [0.15, 0.2) is 42.5 Å². The first-order valence-electron chi connectivity index (χ1n) is 8.58. The van der Waals surface area contributed by atoms with Crippen LogP contribution in [-0.2, 0) is 14.3 Å². The van der Waals surface area contributed by atoms with Crippen LogP contribution in [0.5, 0.6) is 5.75 Å². The molecule has 0 spiro atoms. The van der Waals surface area contributed by atoms with Crippen LogP contribution >= 0.6 is 0 Å². The van der Waals surface area contributed by atoms with Gasteiger partial charge in [0.1, 0.15) is 5.75 Å². The summed E-state index contributed by atoms with van der Waals surface area (Å²) in [7, 11) is 0. The third kappa shape index (κ3) is 6.15. The van der Waals surface area contributed by atoms with Gasteiger partial charge in [0.25, 0.3) is 5.91 Å². The molecule has 0 atom stereocenters. The highest BCUT2D eigenvalue weighted by atomic mass is 16.6. The summed E-state index contributed by atoms with van der Waals surface area (Å²) in [5.74, 6) is -0.102. The van der Waals surface area contributed by atoms with E-state index in [1.165, 1.54) is 5.56 Å². The number of carbonyl (C=O) groups excluding carboxylic acids is 2. The molecule has 0 aliphatic carbocycles. The lowest BCUT2D eigenvalue weighted by Gasteiger charge is -2.12. The molecule has 0 aromatic heterocycles. The predicted octanol–water partition coefficient (Wildman–Crippen LogP) is 3.55. The first-order chi connectivity index (χ1) is 12.9. The molecule has 6 nitrogen and oxygen atoms in total. The molecule has 0 aliphatic rings. The van der Waals surface area contributed by atoms with E-state index in [2.05, 4.69) is 19.2 Å². The molecule has 2 aromatic rings. The van der Waals surface area contributed by atoms with Crippen LogP contribution in [0, 0.1) is 18.3 Å². The van der Waals surface area contributed by atoms with E-state index in [4.69, 9.17) is 14.7 Å². The zero-order chi connectivity index (χ0) is 19.8. The van der Waals surface area contributed by atoms with E-state index in [9.17, 15) is 9.59 Å². The summed E-state index contributed by atoms with van der Waals surface area (Å²) in [6.45, 7) is 5.54. The highest BCUT2D eigenvalue weighted by molar-refractivity contribution is 5.92. The highest BCUT2D eigenvalue weighted by Crippen LogP contribution is 2.23. The quantitative estimate of drug-likeness (QED) is 0.757. The first-order valence-corrected chi connectivity index (χ1v) is 8.58. The van der Waals surface area contributed by atoms with Gasteiger partial charge < -0.3 is 14.8 Å². The van der Waals surface area contributed by atoms with Crippen molar-refractivity contribution < 1.29 is 19.1 Å². The number of benzene rings is 2. The summed E-state index contributed by atoms with van der Waals surface area (Å²) in [6.07, 6.45) is 0. The van der Waals surface area contributed by atoms with Gasteiger partial charge in [-0.25, -0.2) is 4.79 Å². The molecule has 0 fully saturated rings. The molecule has 27 heavy (non-hydrogen) atoms. The van der Waals surface area contributed by atoms with Gasteiger partial charge in [0.2, 0.25) is 0 Å². The van der Waals surface area contributed by atoms with Gasteiger partial charge in [0.05, 0.1) is 11.6 Å². The summed E-state index contributed by atoms with van der Waals surface area (Å²) in [5, 5.41) is 11.3. The maximum absolute atomic E-state index is 11.8. The fraction of sp³-hybridized carbons (Fsp3) is 0.286. The average Bonchev–Trinajstić information content (AvgIpc) is 2.65. The molecule has 2 rings (SSSR count). The number of carbonyl (C=O) groups is 2. The van der Waals surface area contributed by atoms with Crippen molar-refractivity contribution in [3.8, 4) is 11.8 Å². The van der Waals surface area contributed by atoms with Crippen LogP contribution in [0.4, 0.5) is 5.69 Å². The Morgan fingerprint density at radius 1 is 1.11 bits per heavy atom. The number of esters is 1. The second-order valence-corrected chi connectivity index (χ2v) is 6.36.